The smallest absolute Gasteiger partial charge is 0.348 e. The fourth-order valence-corrected chi connectivity index (χ4v) is 6.53. The van der Waals surface area contributed by atoms with E-state index in [9.17, 15) is 14.7 Å². The van der Waals surface area contributed by atoms with E-state index in [4.69, 9.17) is 14.2 Å². The normalized spacial score (nSPS) is 17.2. The number of aryl methyl sites for hydroxylation is 1. The Morgan fingerprint density at radius 3 is 2.47 bits per heavy atom. The average Bonchev–Trinajstić information content (AvgIpc) is 3.41. The topological polar surface area (TPSA) is 98.2 Å². The molecule has 1 amide bonds. The van der Waals surface area contributed by atoms with Crippen LogP contribution >= 0.6 is 11.3 Å². The molecule has 1 saturated carbocycles. The van der Waals surface area contributed by atoms with E-state index in [1.165, 1.54) is 0 Å². The SMILES string of the molecule is CCOc1cc(OCC[C@H](C)N(c2cc(C#CC(C)(C)C)sc2C(=O)O)C(=O)[C@H]2CC[C@H](C)CC2)c2ccc(OC)c(C)c2n1. The maximum atomic E-state index is 14.2. The lowest BCUT2D eigenvalue weighted by atomic mass is 9.82. The van der Waals surface area contributed by atoms with Gasteiger partial charge in [-0.15, -0.1) is 11.3 Å². The van der Waals surface area contributed by atoms with Crippen LogP contribution in [0.4, 0.5) is 5.69 Å². The molecule has 0 spiro atoms. The summed E-state index contributed by atoms with van der Waals surface area (Å²) in [6.45, 7) is 14.8. The van der Waals surface area contributed by atoms with E-state index in [-0.39, 0.29) is 28.2 Å². The quantitative estimate of drug-likeness (QED) is 0.213. The van der Waals surface area contributed by atoms with Crippen LogP contribution in [-0.4, -0.2) is 48.3 Å². The second-order valence-electron chi connectivity index (χ2n) is 13.0. The number of carbonyl (C=O) groups is 2. The van der Waals surface area contributed by atoms with Crippen molar-refractivity contribution < 1.29 is 28.9 Å². The van der Waals surface area contributed by atoms with E-state index in [1.54, 1.807) is 24.1 Å². The van der Waals surface area contributed by atoms with Crippen molar-refractivity contribution in [3.05, 3.63) is 39.6 Å². The highest BCUT2D eigenvalue weighted by Crippen LogP contribution is 2.38. The van der Waals surface area contributed by atoms with E-state index in [0.29, 0.717) is 47.7 Å². The van der Waals surface area contributed by atoms with Crippen LogP contribution in [0.15, 0.2) is 24.3 Å². The number of nitrogens with zero attached hydrogens (tertiary/aromatic N) is 2. The van der Waals surface area contributed by atoms with Gasteiger partial charge in [-0.3, -0.25) is 4.79 Å². The molecule has 0 radical (unpaired) electrons. The molecule has 1 N–H and O–H groups in total. The number of benzene rings is 1. The van der Waals surface area contributed by atoms with Crippen molar-refractivity contribution >= 4 is 39.8 Å². The molecule has 1 aromatic carbocycles. The minimum atomic E-state index is -1.06. The molecule has 242 valence electrons. The van der Waals surface area contributed by atoms with Crippen LogP contribution in [0.5, 0.6) is 17.4 Å². The third-order valence-corrected chi connectivity index (χ3v) is 9.23. The van der Waals surface area contributed by atoms with Crippen LogP contribution in [0, 0.1) is 36.0 Å². The van der Waals surface area contributed by atoms with Crippen LogP contribution in [0.1, 0.15) is 93.8 Å². The predicted molar refractivity (Wildman–Crippen MR) is 180 cm³/mol. The Labute approximate surface area is 271 Å². The molecular formula is C36H46N2O6S. The summed E-state index contributed by atoms with van der Waals surface area (Å²) in [5.74, 6) is 7.51. The Kier molecular flexibility index (Phi) is 11.0. The summed E-state index contributed by atoms with van der Waals surface area (Å²) in [6.07, 6.45) is 4.06. The van der Waals surface area contributed by atoms with Gasteiger partial charge in [0.05, 0.1) is 36.4 Å². The van der Waals surface area contributed by atoms with Crippen LogP contribution in [-0.2, 0) is 4.79 Å². The fourth-order valence-electron chi connectivity index (χ4n) is 5.69. The van der Waals surface area contributed by atoms with Crippen LogP contribution < -0.4 is 19.1 Å². The third kappa shape index (κ3) is 8.29. The number of aromatic nitrogens is 1. The Morgan fingerprint density at radius 2 is 1.84 bits per heavy atom. The van der Waals surface area contributed by atoms with Crippen molar-refractivity contribution in [2.45, 2.75) is 86.6 Å². The van der Waals surface area contributed by atoms with Crippen LogP contribution in [0.25, 0.3) is 10.9 Å². The zero-order chi connectivity index (χ0) is 32.9. The Balaban J connectivity index is 1.65. The fraction of sp³-hybridized carbons (Fsp3) is 0.528. The molecule has 3 aromatic rings. The lowest BCUT2D eigenvalue weighted by molar-refractivity contribution is -0.124. The van der Waals surface area contributed by atoms with Crippen molar-refractivity contribution in [3.63, 3.8) is 0 Å². The van der Waals surface area contributed by atoms with E-state index in [2.05, 4.69) is 23.7 Å². The van der Waals surface area contributed by atoms with Crippen molar-refractivity contribution in [3.8, 4) is 29.2 Å². The molecule has 2 aromatic heterocycles. The van der Waals surface area contributed by atoms with E-state index in [0.717, 1.165) is 59.2 Å². The molecule has 0 unspecified atom stereocenters. The van der Waals surface area contributed by atoms with Crippen LogP contribution in [0.3, 0.4) is 0 Å². The number of rotatable bonds is 11. The number of anilines is 1. The number of hydrogen-bond acceptors (Lipinski definition) is 7. The molecule has 0 aliphatic heterocycles. The molecule has 8 nitrogen and oxygen atoms in total. The first-order valence-corrected chi connectivity index (χ1v) is 16.6. The minimum Gasteiger partial charge on any atom is -0.496 e. The number of carbonyl (C=O) groups excluding carboxylic acids is 1. The van der Waals surface area contributed by atoms with Crippen molar-refractivity contribution in [1.82, 2.24) is 4.98 Å². The average molecular weight is 635 g/mol. The maximum absolute atomic E-state index is 14.2. The molecule has 45 heavy (non-hydrogen) atoms. The van der Waals surface area contributed by atoms with Gasteiger partial charge in [0, 0.05) is 40.8 Å². The third-order valence-electron chi connectivity index (χ3n) is 8.20. The number of fused-ring (bicyclic) bond motifs is 1. The monoisotopic (exact) mass is 634 g/mol. The van der Waals surface area contributed by atoms with Crippen molar-refractivity contribution in [2.75, 3.05) is 25.2 Å². The summed E-state index contributed by atoms with van der Waals surface area (Å²) in [6, 6.07) is 7.05. The number of ether oxygens (including phenoxy) is 3. The van der Waals surface area contributed by atoms with E-state index >= 15 is 0 Å². The molecule has 1 aliphatic rings. The number of amides is 1. The molecule has 1 atom stereocenters. The van der Waals surface area contributed by atoms with Gasteiger partial charge in [-0.05, 0) is 91.3 Å². The Bertz CT molecular complexity index is 1590. The molecule has 0 saturated heterocycles. The number of thiophene rings is 1. The standard InChI is InChI=1S/C36H46N2O6S/c1-9-43-31-21-30(27-14-15-29(42-8)24(4)32(27)37-31)44-19-17-23(3)38(34(39)25-12-10-22(2)11-13-25)28-20-26(16-18-36(5,6)7)45-33(28)35(40)41/h14-15,20-23,25H,9-13,17,19H2,1-8H3,(H,40,41)/t22-,23-,25-/m0/s1. The highest BCUT2D eigenvalue weighted by Gasteiger charge is 2.34. The number of pyridine rings is 1. The lowest BCUT2D eigenvalue weighted by Crippen LogP contribution is -2.44. The molecular weight excluding hydrogens is 588 g/mol. The van der Waals surface area contributed by atoms with Gasteiger partial charge in [-0.1, -0.05) is 18.8 Å². The molecule has 1 fully saturated rings. The summed E-state index contributed by atoms with van der Waals surface area (Å²) in [5, 5.41) is 11.0. The lowest BCUT2D eigenvalue weighted by Gasteiger charge is -2.34. The highest BCUT2D eigenvalue weighted by atomic mass is 32.1. The zero-order valence-corrected chi connectivity index (χ0v) is 28.6. The van der Waals surface area contributed by atoms with Gasteiger partial charge in [0.1, 0.15) is 16.4 Å². The largest absolute Gasteiger partial charge is 0.496 e. The second kappa shape index (κ2) is 14.6. The van der Waals surface area contributed by atoms with Gasteiger partial charge >= 0.3 is 5.97 Å². The van der Waals surface area contributed by atoms with E-state index < -0.39 is 5.97 Å². The second-order valence-corrected chi connectivity index (χ2v) is 14.0. The summed E-state index contributed by atoms with van der Waals surface area (Å²) < 4.78 is 17.6. The summed E-state index contributed by atoms with van der Waals surface area (Å²) in [5.41, 5.74) is 1.80. The summed E-state index contributed by atoms with van der Waals surface area (Å²) in [7, 11) is 1.63. The van der Waals surface area contributed by atoms with Crippen LogP contribution in [0.2, 0.25) is 0 Å². The first kappa shape index (κ1) is 34.1. The molecule has 9 heteroatoms. The van der Waals surface area contributed by atoms with Gasteiger partial charge in [-0.25, -0.2) is 9.78 Å². The summed E-state index contributed by atoms with van der Waals surface area (Å²) >= 11 is 1.12. The first-order chi connectivity index (χ1) is 21.3. The molecule has 2 heterocycles. The van der Waals surface area contributed by atoms with Gasteiger partial charge in [-0.2, -0.15) is 0 Å². The van der Waals surface area contributed by atoms with E-state index in [1.807, 2.05) is 53.7 Å². The number of methoxy groups -OCH3 is 1. The van der Waals surface area contributed by atoms with Gasteiger partial charge in [0.2, 0.25) is 11.8 Å². The number of carboxylic acids is 1. The molecule has 1 aliphatic carbocycles. The van der Waals surface area contributed by atoms with Gasteiger partial charge in [0.25, 0.3) is 0 Å². The maximum Gasteiger partial charge on any atom is 0.348 e. The van der Waals surface area contributed by atoms with Crippen molar-refractivity contribution in [1.29, 1.82) is 0 Å². The first-order valence-electron chi connectivity index (χ1n) is 15.8. The minimum absolute atomic E-state index is 0.0271. The number of carboxylic acid groups (broad SMARTS) is 1. The van der Waals surface area contributed by atoms with Gasteiger partial charge in [0.15, 0.2) is 0 Å². The Morgan fingerprint density at radius 1 is 1.13 bits per heavy atom. The molecule has 4 rings (SSSR count). The van der Waals surface area contributed by atoms with Gasteiger partial charge < -0.3 is 24.2 Å². The predicted octanol–water partition coefficient (Wildman–Crippen LogP) is 8.12. The van der Waals surface area contributed by atoms with Crippen molar-refractivity contribution in [2.24, 2.45) is 17.3 Å². The zero-order valence-electron chi connectivity index (χ0n) is 27.8. The molecule has 0 bridgehead atoms. The Hall–Kier alpha value is -3.77. The highest BCUT2D eigenvalue weighted by molar-refractivity contribution is 7.15. The summed E-state index contributed by atoms with van der Waals surface area (Å²) in [4.78, 5) is 33.8. The number of hydrogen-bond donors (Lipinski definition) is 1. The number of aromatic carboxylic acids is 1.